The number of benzene rings is 2. The van der Waals surface area contributed by atoms with E-state index in [0.717, 1.165) is 11.0 Å². The average molecular weight is 299 g/mol. The molecule has 0 radical (unpaired) electrons. The number of alkyl halides is 2. The Bertz CT molecular complexity index is 852. The number of hydrogen-bond donors (Lipinski definition) is 0. The summed E-state index contributed by atoms with van der Waals surface area (Å²) in [6.07, 6.45) is 1.62. The highest BCUT2D eigenvalue weighted by Crippen LogP contribution is 2.23. The van der Waals surface area contributed by atoms with Gasteiger partial charge in [0.15, 0.2) is 0 Å². The number of halogens is 2. The van der Waals surface area contributed by atoms with E-state index in [2.05, 4.69) is 15.8 Å². The summed E-state index contributed by atoms with van der Waals surface area (Å²) >= 11 is 0. The van der Waals surface area contributed by atoms with Crippen LogP contribution in [-0.4, -0.2) is 16.2 Å². The molecule has 0 aliphatic carbocycles. The van der Waals surface area contributed by atoms with Gasteiger partial charge in [0, 0.05) is 5.56 Å². The predicted molar refractivity (Wildman–Crippen MR) is 76.6 cm³/mol. The minimum Gasteiger partial charge on any atom is -0.434 e. The molecule has 0 fully saturated rings. The van der Waals surface area contributed by atoms with Crippen LogP contribution >= 0.6 is 0 Å². The van der Waals surface area contributed by atoms with E-state index >= 15 is 0 Å². The molecule has 0 atom stereocenters. The Hall–Kier alpha value is -2.94. The van der Waals surface area contributed by atoms with Crippen LogP contribution in [0.2, 0.25) is 0 Å². The van der Waals surface area contributed by atoms with Crippen molar-refractivity contribution in [2.24, 2.45) is 0 Å². The topological polar surface area (TPSA) is 50.8 Å². The van der Waals surface area contributed by atoms with Crippen molar-refractivity contribution < 1.29 is 13.5 Å². The molecule has 22 heavy (non-hydrogen) atoms. The zero-order valence-electron chi connectivity index (χ0n) is 11.4. The van der Waals surface area contributed by atoms with Crippen molar-refractivity contribution >= 4 is 11.0 Å². The van der Waals surface area contributed by atoms with Crippen molar-refractivity contribution in [3.8, 4) is 11.8 Å². The van der Waals surface area contributed by atoms with Crippen LogP contribution < -0.4 is 4.74 Å². The predicted octanol–water partition coefficient (Wildman–Crippen LogP) is 3.56. The summed E-state index contributed by atoms with van der Waals surface area (Å²) in [6, 6.07) is 13.9. The summed E-state index contributed by atoms with van der Waals surface area (Å²) in [4.78, 5) is 4.25. The summed E-state index contributed by atoms with van der Waals surface area (Å²) in [5, 5.41) is 8.98. The molecule has 0 saturated carbocycles. The highest BCUT2D eigenvalue weighted by Gasteiger charge is 2.11. The van der Waals surface area contributed by atoms with Gasteiger partial charge in [-0.05, 0) is 24.3 Å². The molecule has 6 heteroatoms. The molecule has 0 spiro atoms. The SMILES string of the molecule is N#Cc1ccc2ncn(Cc3ccccc3OC(F)F)c2c1. The summed E-state index contributed by atoms with van der Waals surface area (Å²) in [5.41, 5.74) is 2.65. The molecule has 3 aromatic rings. The minimum atomic E-state index is -2.87. The van der Waals surface area contributed by atoms with Gasteiger partial charge in [0.1, 0.15) is 5.75 Å². The zero-order valence-corrected chi connectivity index (χ0v) is 11.4. The quantitative estimate of drug-likeness (QED) is 0.740. The number of imidazole rings is 1. The normalized spacial score (nSPS) is 10.8. The van der Waals surface area contributed by atoms with Gasteiger partial charge in [-0.1, -0.05) is 18.2 Å². The van der Waals surface area contributed by atoms with Crippen molar-refractivity contribution in [3.63, 3.8) is 0 Å². The second kappa shape index (κ2) is 5.82. The molecular formula is C16H11F2N3O. The van der Waals surface area contributed by atoms with Crippen molar-refractivity contribution in [1.29, 1.82) is 5.26 Å². The van der Waals surface area contributed by atoms with Gasteiger partial charge in [-0.15, -0.1) is 0 Å². The molecule has 4 nitrogen and oxygen atoms in total. The number of hydrogen-bond acceptors (Lipinski definition) is 3. The third-order valence-electron chi connectivity index (χ3n) is 3.28. The van der Waals surface area contributed by atoms with E-state index < -0.39 is 6.61 Å². The fourth-order valence-electron chi connectivity index (χ4n) is 2.28. The minimum absolute atomic E-state index is 0.135. The Morgan fingerprint density at radius 3 is 2.82 bits per heavy atom. The van der Waals surface area contributed by atoms with E-state index in [9.17, 15) is 8.78 Å². The first kappa shape index (κ1) is 14.0. The Morgan fingerprint density at radius 1 is 1.23 bits per heavy atom. The number of nitrogens with zero attached hydrogens (tertiary/aromatic N) is 3. The number of fused-ring (bicyclic) bond motifs is 1. The molecular weight excluding hydrogens is 288 g/mol. The van der Waals surface area contributed by atoms with Crippen LogP contribution in [0.3, 0.4) is 0 Å². The third-order valence-corrected chi connectivity index (χ3v) is 3.28. The second-order valence-corrected chi connectivity index (χ2v) is 4.67. The lowest BCUT2D eigenvalue weighted by molar-refractivity contribution is -0.0504. The molecule has 1 heterocycles. The van der Waals surface area contributed by atoms with Gasteiger partial charge < -0.3 is 9.30 Å². The van der Waals surface area contributed by atoms with E-state index in [1.54, 1.807) is 47.3 Å². The Kier molecular flexibility index (Phi) is 3.71. The lowest BCUT2D eigenvalue weighted by Gasteiger charge is -2.11. The van der Waals surface area contributed by atoms with E-state index in [-0.39, 0.29) is 5.75 Å². The Labute approximate surface area is 125 Å². The molecule has 1 aromatic heterocycles. The number of nitriles is 1. The van der Waals surface area contributed by atoms with Crippen LogP contribution in [-0.2, 0) is 6.54 Å². The standard InChI is InChI=1S/C16H11F2N3O/c17-16(18)22-15-4-2-1-3-12(15)9-21-10-20-13-6-5-11(8-19)7-14(13)21/h1-7,10,16H,9H2. The molecule has 0 bridgehead atoms. The lowest BCUT2D eigenvalue weighted by atomic mass is 10.2. The highest BCUT2D eigenvalue weighted by atomic mass is 19.3. The zero-order chi connectivity index (χ0) is 15.5. The van der Waals surface area contributed by atoms with Crippen molar-refractivity contribution in [3.05, 3.63) is 59.9 Å². The van der Waals surface area contributed by atoms with E-state index in [1.165, 1.54) is 6.07 Å². The van der Waals surface area contributed by atoms with Crippen molar-refractivity contribution in [2.75, 3.05) is 0 Å². The Balaban J connectivity index is 1.99. The molecule has 3 rings (SSSR count). The molecule has 0 aliphatic rings. The van der Waals surface area contributed by atoms with Crippen LogP contribution in [0.15, 0.2) is 48.8 Å². The maximum Gasteiger partial charge on any atom is 0.387 e. The maximum absolute atomic E-state index is 12.5. The van der Waals surface area contributed by atoms with Gasteiger partial charge in [0.2, 0.25) is 0 Å². The summed E-state index contributed by atoms with van der Waals surface area (Å²) in [5.74, 6) is 0.135. The number of para-hydroxylation sites is 1. The smallest absolute Gasteiger partial charge is 0.387 e. The Morgan fingerprint density at radius 2 is 2.05 bits per heavy atom. The van der Waals surface area contributed by atoms with Gasteiger partial charge in [0.05, 0.1) is 35.5 Å². The molecule has 110 valence electrons. The monoisotopic (exact) mass is 299 g/mol. The molecule has 0 aliphatic heterocycles. The van der Waals surface area contributed by atoms with Crippen molar-refractivity contribution in [1.82, 2.24) is 9.55 Å². The third kappa shape index (κ3) is 2.74. The largest absolute Gasteiger partial charge is 0.434 e. The van der Waals surface area contributed by atoms with Crippen LogP contribution in [0.5, 0.6) is 5.75 Å². The summed E-state index contributed by atoms with van der Waals surface area (Å²) in [6.45, 7) is -2.54. The fraction of sp³-hybridized carbons (Fsp3) is 0.125. The summed E-state index contributed by atoms with van der Waals surface area (Å²) in [7, 11) is 0. The van der Waals surface area contributed by atoms with Gasteiger partial charge in [-0.3, -0.25) is 0 Å². The van der Waals surface area contributed by atoms with Gasteiger partial charge in [-0.2, -0.15) is 14.0 Å². The highest BCUT2D eigenvalue weighted by molar-refractivity contribution is 5.77. The first-order chi connectivity index (χ1) is 10.7. The van der Waals surface area contributed by atoms with Crippen LogP contribution in [0, 0.1) is 11.3 Å². The average Bonchev–Trinajstić information content (AvgIpc) is 2.91. The maximum atomic E-state index is 12.5. The molecule has 0 unspecified atom stereocenters. The molecule has 0 amide bonds. The fourth-order valence-corrected chi connectivity index (χ4v) is 2.28. The van der Waals surface area contributed by atoms with E-state index in [1.807, 2.05) is 0 Å². The first-order valence-electron chi connectivity index (χ1n) is 6.55. The molecule has 0 saturated heterocycles. The summed E-state index contributed by atoms with van der Waals surface area (Å²) < 4.78 is 31.2. The molecule has 0 N–H and O–H groups in total. The second-order valence-electron chi connectivity index (χ2n) is 4.67. The first-order valence-corrected chi connectivity index (χ1v) is 6.55. The number of ether oxygens (including phenoxy) is 1. The van der Waals surface area contributed by atoms with E-state index in [0.29, 0.717) is 17.7 Å². The van der Waals surface area contributed by atoms with Gasteiger partial charge in [0.25, 0.3) is 0 Å². The van der Waals surface area contributed by atoms with Gasteiger partial charge >= 0.3 is 6.61 Å². The van der Waals surface area contributed by atoms with Crippen molar-refractivity contribution in [2.45, 2.75) is 13.2 Å². The lowest BCUT2D eigenvalue weighted by Crippen LogP contribution is -2.06. The molecule has 2 aromatic carbocycles. The number of aromatic nitrogens is 2. The van der Waals surface area contributed by atoms with Crippen LogP contribution in [0.1, 0.15) is 11.1 Å². The van der Waals surface area contributed by atoms with E-state index in [4.69, 9.17) is 5.26 Å². The number of rotatable bonds is 4. The van der Waals surface area contributed by atoms with Crippen LogP contribution in [0.25, 0.3) is 11.0 Å². The van der Waals surface area contributed by atoms with Crippen LogP contribution in [0.4, 0.5) is 8.78 Å². The van der Waals surface area contributed by atoms with Gasteiger partial charge in [-0.25, -0.2) is 4.98 Å².